The zero-order valence-corrected chi connectivity index (χ0v) is 11.5. The third-order valence-electron chi connectivity index (χ3n) is 2.80. The van der Waals surface area contributed by atoms with Gasteiger partial charge in [0.05, 0.1) is 24.2 Å². The number of aromatic nitrogens is 2. The van der Waals surface area contributed by atoms with Crippen LogP contribution in [-0.4, -0.2) is 17.1 Å². The van der Waals surface area contributed by atoms with Crippen LogP contribution in [0.1, 0.15) is 16.8 Å². The Hall–Kier alpha value is -1.61. The van der Waals surface area contributed by atoms with Gasteiger partial charge in [0.2, 0.25) is 0 Å². The monoisotopic (exact) mass is 262 g/mol. The molecule has 0 saturated heterocycles. The summed E-state index contributed by atoms with van der Waals surface area (Å²) >= 11 is 5.87. The van der Waals surface area contributed by atoms with Gasteiger partial charge < -0.3 is 4.74 Å². The van der Waals surface area contributed by atoms with Crippen LogP contribution in [0.2, 0.25) is 0 Å². The minimum Gasteiger partial charge on any atom is -0.496 e. The molecule has 0 N–H and O–H groups in total. The first-order valence-electron chi connectivity index (χ1n) is 5.69. The molecule has 0 atom stereocenters. The molecule has 4 heteroatoms. The average Bonchev–Trinajstić information content (AvgIpc) is 2.39. The first-order chi connectivity index (χ1) is 8.65. The highest BCUT2D eigenvalue weighted by molar-refractivity contribution is 6.17. The SMILES string of the molecule is COc1cc(C)ccc1-c1ncc(C)c(CCl)n1. The molecule has 0 radical (unpaired) electrons. The molecule has 0 aliphatic heterocycles. The summed E-state index contributed by atoms with van der Waals surface area (Å²) in [7, 11) is 1.65. The Morgan fingerprint density at radius 1 is 1.28 bits per heavy atom. The van der Waals surface area contributed by atoms with Crippen LogP contribution in [0.3, 0.4) is 0 Å². The largest absolute Gasteiger partial charge is 0.496 e. The normalized spacial score (nSPS) is 10.4. The van der Waals surface area contributed by atoms with Gasteiger partial charge in [0.25, 0.3) is 0 Å². The molecule has 0 amide bonds. The van der Waals surface area contributed by atoms with Gasteiger partial charge in [-0.1, -0.05) is 6.07 Å². The molecule has 0 fully saturated rings. The van der Waals surface area contributed by atoms with Crippen LogP contribution < -0.4 is 4.74 Å². The molecule has 0 spiro atoms. The van der Waals surface area contributed by atoms with Crippen molar-refractivity contribution in [3.63, 3.8) is 0 Å². The second kappa shape index (κ2) is 5.36. The molecular formula is C14H15ClN2O. The van der Waals surface area contributed by atoms with Crippen LogP contribution in [0.15, 0.2) is 24.4 Å². The van der Waals surface area contributed by atoms with Gasteiger partial charge in [-0.05, 0) is 37.1 Å². The maximum absolute atomic E-state index is 5.87. The number of methoxy groups -OCH3 is 1. The van der Waals surface area contributed by atoms with Crippen molar-refractivity contribution in [1.29, 1.82) is 0 Å². The number of hydrogen-bond acceptors (Lipinski definition) is 3. The highest BCUT2D eigenvalue weighted by atomic mass is 35.5. The summed E-state index contributed by atoms with van der Waals surface area (Å²) < 4.78 is 5.37. The van der Waals surface area contributed by atoms with Crippen molar-refractivity contribution in [2.45, 2.75) is 19.7 Å². The van der Waals surface area contributed by atoms with Crippen LogP contribution in [0.25, 0.3) is 11.4 Å². The van der Waals surface area contributed by atoms with E-state index in [1.807, 2.05) is 32.0 Å². The van der Waals surface area contributed by atoms with E-state index in [0.717, 1.165) is 28.1 Å². The third kappa shape index (κ3) is 2.46. The van der Waals surface area contributed by atoms with E-state index >= 15 is 0 Å². The molecular weight excluding hydrogens is 248 g/mol. The minimum absolute atomic E-state index is 0.384. The number of nitrogens with zero attached hydrogens (tertiary/aromatic N) is 2. The highest BCUT2D eigenvalue weighted by Crippen LogP contribution is 2.28. The topological polar surface area (TPSA) is 35.0 Å². The smallest absolute Gasteiger partial charge is 0.163 e. The number of hydrogen-bond donors (Lipinski definition) is 0. The van der Waals surface area contributed by atoms with Crippen LogP contribution >= 0.6 is 11.6 Å². The molecule has 0 unspecified atom stereocenters. The highest BCUT2D eigenvalue weighted by Gasteiger charge is 2.10. The molecule has 0 bridgehead atoms. The van der Waals surface area contributed by atoms with Gasteiger partial charge >= 0.3 is 0 Å². The Bertz CT molecular complexity index is 570. The Morgan fingerprint density at radius 3 is 2.72 bits per heavy atom. The van der Waals surface area contributed by atoms with Gasteiger partial charge in [0.1, 0.15) is 5.75 Å². The maximum Gasteiger partial charge on any atom is 0.163 e. The molecule has 0 saturated carbocycles. The summed E-state index contributed by atoms with van der Waals surface area (Å²) in [5.41, 5.74) is 3.87. The Balaban J connectivity index is 2.54. The van der Waals surface area contributed by atoms with E-state index in [2.05, 4.69) is 9.97 Å². The van der Waals surface area contributed by atoms with E-state index in [-0.39, 0.29) is 0 Å². The lowest BCUT2D eigenvalue weighted by molar-refractivity contribution is 0.416. The van der Waals surface area contributed by atoms with Crippen LogP contribution in [-0.2, 0) is 5.88 Å². The molecule has 94 valence electrons. The van der Waals surface area contributed by atoms with E-state index in [0.29, 0.717) is 11.7 Å². The van der Waals surface area contributed by atoms with E-state index in [1.54, 1.807) is 13.3 Å². The fourth-order valence-electron chi connectivity index (χ4n) is 1.73. The number of aryl methyl sites for hydroxylation is 2. The van der Waals surface area contributed by atoms with E-state index in [1.165, 1.54) is 0 Å². The summed E-state index contributed by atoms with van der Waals surface area (Å²) in [6.45, 7) is 3.97. The number of halogens is 1. The molecule has 1 aromatic heterocycles. The van der Waals surface area contributed by atoms with Gasteiger partial charge in [-0.3, -0.25) is 0 Å². The molecule has 18 heavy (non-hydrogen) atoms. The predicted octanol–water partition coefficient (Wildman–Crippen LogP) is 3.51. The number of benzene rings is 1. The molecule has 2 rings (SSSR count). The lowest BCUT2D eigenvalue weighted by Gasteiger charge is -2.09. The second-order valence-corrected chi connectivity index (χ2v) is 4.43. The fourth-order valence-corrected chi connectivity index (χ4v) is 2.00. The zero-order chi connectivity index (χ0) is 13.1. The number of rotatable bonds is 3. The van der Waals surface area contributed by atoms with Gasteiger partial charge in [0.15, 0.2) is 5.82 Å². The number of ether oxygens (including phenoxy) is 1. The quantitative estimate of drug-likeness (QED) is 0.794. The minimum atomic E-state index is 0.384. The summed E-state index contributed by atoms with van der Waals surface area (Å²) in [5, 5.41) is 0. The first kappa shape index (κ1) is 12.8. The maximum atomic E-state index is 5.87. The van der Waals surface area contributed by atoms with E-state index in [9.17, 15) is 0 Å². The molecule has 1 aromatic carbocycles. The van der Waals surface area contributed by atoms with Gasteiger partial charge in [-0.2, -0.15) is 0 Å². The zero-order valence-electron chi connectivity index (χ0n) is 10.7. The Kier molecular flexibility index (Phi) is 3.82. The summed E-state index contributed by atoms with van der Waals surface area (Å²) in [5.74, 6) is 1.81. The first-order valence-corrected chi connectivity index (χ1v) is 6.22. The summed E-state index contributed by atoms with van der Waals surface area (Å²) in [6.07, 6.45) is 1.79. The second-order valence-electron chi connectivity index (χ2n) is 4.16. The Labute approximate surface area is 112 Å². The van der Waals surface area contributed by atoms with E-state index in [4.69, 9.17) is 16.3 Å². The lowest BCUT2D eigenvalue weighted by atomic mass is 10.1. The van der Waals surface area contributed by atoms with Crippen molar-refractivity contribution in [1.82, 2.24) is 9.97 Å². The molecule has 1 heterocycles. The van der Waals surface area contributed by atoms with Crippen molar-refractivity contribution in [3.05, 3.63) is 41.2 Å². The van der Waals surface area contributed by atoms with Crippen molar-refractivity contribution in [3.8, 4) is 17.1 Å². The summed E-state index contributed by atoms with van der Waals surface area (Å²) in [6, 6.07) is 5.96. The lowest BCUT2D eigenvalue weighted by Crippen LogP contribution is -1.98. The average molecular weight is 263 g/mol. The van der Waals surface area contributed by atoms with Gasteiger partial charge in [-0.15, -0.1) is 11.6 Å². The van der Waals surface area contributed by atoms with Gasteiger partial charge in [0, 0.05) is 6.20 Å². The molecule has 2 aromatic rings. The van der Waals surface area contributed by atoms with Crippen LogP contribution in [0.5, 0.6) is 5.75 Å². The van der Waals surface area contributed by atoms with Crippen molar-refractivity contribution < 1.29 is 4.74 Å². The summed E-state index contributed by atoms with van der Waals surface area (Å²) in [4.78, 5) is 8.82. The van der Waals surface area contributed by atoms with Crippen LogP contribution in [0, 0.1) is 13.8 Å². The molecule has 0 aliphatic rings. The van der Waals surface area contributed by atoms with Crippen LogP contribution in [0.4, 0.5) is 0 Å². The number of alkyl halides is 1. The molecule has 3 nitrogen and oxygen atoms in total. The van der Waals surface area contributed by atoms with Crippen molar-refractivity contribution in [2.24, 2.45) is 0 Å². The van der Waals surface area contributed by atoms with Crippen molar-refractivity contribution in [2.75, 3.05) is 7.11 Å². The van der Waals surface area contributed by atoms with Crippen molar-refractivity contribution >= 4 is 11.6 Å². The van der Waals surface area contributed by atoms with E-state index < -0.39 is 0 Å². The van der Waals surface area contributed by atoms with Gasteiger partial charge in [-0.25, -0.2) is 9.97 Å². The standard InChI is InChI=1S/C14H15ClN2O/c1-9-4-5-11(13(6-9)18-3)14-16-8-10(2)12(7-15)17-14/h4-6,8H,7H2,1-3H3. The molecule has 0 aliphatic carbocycles. The predicted molar refractivity (Wildman–Crippen MR) is 73.1 cm³/mol. The Morgan fingerprint density at radius 2 is 2.06 bits per heavy atom. The fraction of sp³-hybridized carbons (Fsp3) is 0.286. The third-order valence-corrected chi connectivity index (χ3v) is 3.05.